The largest absolute Gasteiger partial charge is 0.483 e. The van der Waals surface area contributed by atoms with Crippen LogP contribution in [0, 0.1) is 6.92 Å². The molecule has 0 aromatic heterocycles. The summed E-state index contributed by atoms with van der Waals surface area (Å²) in [6.45, 7) is 5.98. The molecular formula is C22H26N2O3. The lowest BCUT2D eigenvalue weighted by atomic mass is 10.0. The molecule has 0 fully saturated rings. The molecule has 3 rings (SSSR count). The van der Waals surface area contributed by atoms with E-state index in [9.17, 15) is 9.59 Å². The minimum atomic E-state index is -0.402. The standard InChI is InChI=1S/C22H26N2O3/c1-14(2)19-10-7-15(3)11-20(19)27-13-21(25)23-24-22(26)18-9-8-16-5-4-6-17(16)12-18/h7-12,14H,4-6,13H2,1-3H3,(H,23,25)(H,24,26). The maximum absolute atomic E-state index is 12.2. The molecule has 2 aromatic rings. The fraction of sp³-hybridized carbons (Fsp3) is 0.364. The quantitative estimate of drug-likeness (QED) is 0.797. The number of carbonyl (C=O) groups excluding carboxylic acids is 2. The number of benzene rings is 2. The Morgan fingerprint density at radius 3 is 2.59 bits per heavy atom. The molecule has 1 aliphatic carbocycles. The van der Waals surface area contributed by atoms with Crippen molar-refractivity contribution in [3.63, 3.8) is 0 Å². The number of amides is 2. The monoisotopic (exact) mass is 366 g/mol. The van der Waals surface area contributed by atoms with Crippen molar-refractivity contribution in [2.75, 3.05) is 6.61 Å². The summed E-state index contributed by atoms with van der Waals surface area (Å²) in [5, 5.41) is 0. The van der Waals surface area contributed by atoms with Gasteiger partial charge in [0.15, 0.2) is 6.61 Å². The van der Waals surface area contributed by atoms with Gasteiger partial charge in [-0.2, -0.15) is 0 Å². The number of rotatable bonds is 5. The second-order valence-electron chi connectivity index (χ2n) is 7.32. The molecule has 27 heavy (non-hydrogen) atoms. The van der Waals surface area contributed by atoms with E-state index >= 15 is 0 Å². The van der Waals surface area contributed by atoms with Crippen molar-refractivity contribution in [2.24, 2.45) is 0 Å². The van der Waals surface area contributed by atoms with Crippen molar-refractivity contribution in [1.82, 2.24) is 10.9 Å². The average Bonchev–Trinajstić information content (AvgIpc) is 3.11. The zero-order chi connectivity index (χ0) is 19.4. The molecule has 0 unspecified atom stereocenters. The first-order valence-electron chi connectivity index (χ1n) is 9.38. The Morgan fingerprint density at radius 1 is 1.04 bits per heavy atom. The van der Waals surface area contributed by atoms with Crippen LogP contribution in [0.2, 0.25) is 0 Å². The Morgan fingerprint density at radius 2 is 1.81 bits per heavy atom. The van der Waals surface area contributed by atoms with Crippen molar-refractivity contribution < 1.29 is 14.3 Å². The summed E-state index contributed by atoms with van der Waals surface area (Å²) < 4.78 is 5.68. The smallest absolute Gasteiger partial charge is 0.276 e. The van der Waals surface area contributed by atoms with Crippen LogP contribution in [0.15, 0.2) is 36.4 Å². The van der Waals surface area contributed by atoms with Crippen LogP contribution in [-0.2, 0) is 17.6 Å². The minimum absolute atomic E-state index is 0.159. The average molecular weight is 366 g/mol. The van der Waals surface area contributed by atoms with Gasteiger partial charge in [-0.3, -0.25) is 20.4 Å². The van der Waals surface area contributed by atoms with Gasteiger partial charge >= 0.3 is 0 Å². The molecule has 0 bridgehead atoms. The lowest BCUT2D eigenvalue weighted by Gasteiger charge is -2.15. The summed E-state index contributed by atoms with van der Waals surface area (Å²) in [7, 11) is 0. The van der Waals surface area contributed by atoms with Gasteiger partial charge in [0.25, 0.3) is 11.8 Å². The van der Waals surface area contributed by atoms with Crippen molar-refractivity contribution in [3.8, 4) is 5.75 Å². The van der Waals surface area contributed by atoms with Crippen LogP contribution in [0.4, 0.5) is 0 Å². The zero-order valence-corrected chi connectivity index (χ0v) is 16.1. The second-order valence-corrected chi connectivity index (χ2v) is 7.32. The third kappa shape index (κ3) is 4.67. The molecular weight excluding hydrogens is 340 g/mol. The lowest BCUT2D eigenvalue weighted by Crippen LogP contribution is -2.43. The maximum atomic E-state index is 12.2. The maximum Gasteiger partial charge on any atom is 0.276 e. The first-order chi connectivity index (χ1) is 12.9. The van der Waals surface area contributed by atoms with E-state index in [2.05, 4.69) is 24.7 Å². The van der Waals surface area contributed by atoms with Crippen molar-refractivity contribution in [1.29, 1.82) is 0 Å². The molecule has 0 saturated carbocycles. The lowest BCUT2D eigenvalue weighted by molar-refractivity contribution is -0.123. The van der Waals surface area contributed by atoms with Crippen molar-refractivity contribution in [2.45, 2.75) is 46.0 Å². The highest BCUT2D eigenvalue weighted by Gasteiger charge is 2.15. The van der Waals surface area contributed by atoms with Crippen LogP contribution < -0.4 is 15.6 Å². The minimum Gasteiger partial charge on any atom is -0.483 e. The molecule has 0 radical (unpaired) electrons. The number of fused-ring (bicyclic) bond motifs is 1. The molecule has 0 saturated heterocycles. The van der Waals surface area contributed by atoms with Gasteiger partial charge in [-0.25, -0.2) is 0 Å². The van der Waals surface area contributed by atoms with Gasteiger partial charge < -0.3 is 4.74 Å². The molecule has 0 spiro atoms. The highest BCUT2D eigenvalue weighted by Crippen LogP contribution is 2.27. The van der Waals surface area contributed by atoms with E-state index in [0.29, 0.717) is 17.2 Å². The molecule has 2 aromatic carbocycles. The third-order valence-corrected chi connectivity index (χ3v) is 4.83. The highest BCUT2D eigenvalue weighted by molar-refractivity contribution is 5.95. The first kappa shape index (κ1) is 19.0. The number of nitrogens with one attached hydrogen (secondary N) is 2. The van der Waals surface area contributed by atoms with E-state index in [1.807, 2.05) is 37.3 Å². The van der Waals surface area contributed by atoms with Gasteiger partial charge in [0.05, 0.1) is 0 Å². The highest BCUT2D eigenvalue weighted by atomic mass is 16.5. The van der Waals surface area contributed by atoms with E-state index < -0.39 is 5.91 Å². The van der Waals surface area contributed by atoms with E-state index in [1.165, 1.54) is 11.1 Å². The summed E-state index contributed by atoms with van der Waals surface area (Å²) in [5.74, 6) is 0.269. The van der Waals surface area contributed by atoms with Gasteiger partial charge in [0.2, 0.25) is 0 Å². The molecule has 0 aliphatic heterocycles. The SMILES string of the molecule is Cc1ccc(C(C)C)c(OCC(=O)NNC(=O)c2ccc3c(c2)CCC3)c1. The first-order valence-corrected chi connectivity index (χ1v) is 9.38. The number of ether oxygens (including phenoxy) is 1. The number of hydrogen-bond acceptors (Lipinski definition) is 3. The zero-order valence-electron chi connectivity index (χ0n) is 16.1. The number of hydrazine groups is 1. The number of carbonyl (C=O) groups is 2. The van der Waals surface area contributed by atoms with Crippen molar-refractivity contribution >= 4 is 11.8 Å². The van der Waals surface area contributed by atoms with Crippen LogP contribution in [0.25, 0.3) is 0 Å². The summed E-state index contributed by atoms with van der Waals surface area (Å²) in [6, 6.07) is 11.7. The van der Waals surface area contributed by atoms with Gasteiger partial charge in [0, 0.05) is 5.56 Å². The van der Waals surface area contributed by atoms with Crippen molar-refractivity contribution in [3.05, 3.63) is 64.2 Å². The summed E-state index contributed by atoms with van der Waals surface area (Å²) in [4.78, 5) is 24.3. The van der Waals surface area contributed by atoms with Crippen LogP contribution in [0.3, 0.4) is 0 Å². The summed E-state index contributed by atoms with van der Waals surface area (Å²) in [6.07, 6.45) is 3.21. The fourth-order valence-corrected chi connectivity index (χ4v) is 3.33. The molecule has 2 amide bonds. The van der Waals surface area contributed by atoms with Crippen LogP contribution in [0.5, 0.6) is 5.75 Å². The molecule has 5 heteroatoms. The Bertz CT molecular complexity index is 859. The molecule has 142 valence electrons. The Hall–Kier alpha value is -2.82. The number of hydrogen-bond donors (Lipinski definition) is 2. The third-order valence-electron chi connectivity index (χ3n) is 4.83. The normalized spacial score (nSPS) is 12.6. The second kappa shape index (κ2) is 8.25. The number of aryl methyl sites for hydroxylation is 3. The molecule has 0 heterocycles. The molecule has 1 aliphatic rings. The summed E-state index contributed by atoms with van der Waals surface area (Å²) >= 11 is 0. The van der Waals surface area contributed by atoms with Gasteiger partial charge in [-0.15, -0.1) is 0 Å². The van der Waals surface area contributed by atoms with E-state index in [4.69, 9.17) is 4.74 Å². The Balaban J connectivity index is 1.53. The summed E-state index contributed by atoms with van der Waals surface area (Å²) in [5.41, 5.74) is 10.1. The van der Waals surface area contributed by atoms with Gasteiger partial charge in [-0.1, -0.05) is 32.0 Å². The topological polar surface area (TPSA) is 67.4 Å². The molecule has 5 nitrogen and oxygen atoms in total. The predicted molar refractivity (Wildman–Crippen MR) is 105 cm³/mol. The Kier molecular flexibility index (Phi) is 5.79. The van der Waals surface area contributed by atoms with Crippen LogP contribution in [0.1, 0.15) is 58.8 Å². The van der Waals surface area contributed by atoms with Gasteiger partial charge in [-0.05, 0) is 72.6 Å². The molecule has 2 N–H and O–H groups in total. The van der Waals surface area contributed by atoms with E-state index in [1.54, 1.807) is 6.07 Å². The fourth-order valence-electron chi connectivity index (χ4n) is 3.33. The van der Waals surface area contributed by atoms with E-state index in [-0.39, 0.29) is 12.5 Å². The Labute approximate surface area is 160 Å². The predicted octanol–water partition coefficient (Wildman–Crippen LogP) is 3.45. The van der Waals surface area contributed by atoms with Crippen LogP contribution in [-0.4, -0.2) is 18.4 Å². The van der Waals surface area contributed by atoms with Crippen LogP contribution >= 0.6 is 0 Å². The molecule has 0 atom stereocenters. The van der Waals surface area contributed by atoms with E-state index in [0.717, 1.165) is 30.4 Å². The van der Waals surface area contributed by atoms with Gasteiger partial charge in [0.1, 0.15) is 5.75 Å².